The first-order valence-electron chi connectivity index (χ1n) is 10.7. The lowest BCUT2D eigenvalue weighted by molar-refractivity contribution is -0.118. The lowest BCUT2D eigenvalue weighted by atomic mass is 9.84. The lowest BCUT2D eigenvalue weighted by Crippen LogP contribution is -2.20. The molecule has 4 rings (SSSR count). The van der Waals surface area contributed by atoms with Crippen molar-refractivity contribution in [2.45, 2.75) is 51.6 Å². The van der Waals surface area contributed by atoms with Crippen molar-refractivity contribution < 1.29 is 14.3 Å². The summed E-state index contributed by atoms with van der Waals surface area (Å²) in [4.78, 5) is 12.1. The molecular weight excluding hydrogens is 410 g/mol. The molecule has 0 unspecified atom stereocenters. The van der Waals surface area contributed by atoms with Crippen molar-refractivity contribution in [3.63, 3.8) is 0 Å². The van der Waals surface area contributed by atoms with Gasteiger partial charge in [0.2, 0.25) is 5.13 Å². The lowest BCUT2D eigenvalue weighted by Gasteiger charge is -2.22. The van der Waals surface area contributed by atoms with E-state index < -0.39 is 0 Å². The molecule has 1 saturated carbocycles. The molecule has 3 aromatic rings. The largest absolute Gasteiger partial charge is 0.486 e. The third kappa shape index (κ3) is 6.28. The molecule has 7 heteroatoms. The predicted molar refractivity (Wildman–Crippen MR) is 122 cm³/mol. The second-order valence-electron chi connectivity index (χ2n) is 7.85. The van der Waals surface area contributed by atoms with E-state index in [2.05, 4.69) is 27.6 Å². The topological polar surface area (TPSA) is 73.3 Å². The summed E-state index contributed by atoms with van der Waals surface area (Å²) in [6, 6.07) is 16.0. The van der Waals surface area contributed by atoms with Crippen LogP contribution in [-0.4, -0.2) is 22.7 Å². The number of nitrogens with zero attached hydrogens (tertiary/aromatic N) is 2. The van der Waals surface area contributed by atoms with Crippen molar-refractivity contribution in [3.8, 4) is 11.5 Å². The second kappa shape index (κ2) is 10.4. The monoisotopic (exact) mass is 437 g/mol. The summed E-state index contributed by atoms with van der Waals surface area (Å²) in [7, 11) is 0. The number of rotatable bonds is 8. The van der Waals surface area contributed by atoms with Gasteiger partial charge in [-0.1, -0.05) is 54.9 Å². The molecule has 1 aliphatic carbocycles. The maximum atomic E-state index is 12.1. The van der Waals surface area contributed by atoms with Crippen molar-refractivity contribution in [2.75, 3.05) is 11.9 Å². The Morgan fingerprint density at radius 1 is 1.03 bits per heavy atom. The normalized spacial score (nSPS) is 14.2. The van der Waals surface area contributed by atoms with Crippen LogP contribution in [0.5, 0.6) is 11.5 Å². The summed E-state index contributed by atoms with van der Waals surface area (Å²) in [5, 5.41) is 12.0. The van der Waals surface area contributed by atoms with Crippen LogP contribution in [-0.2, 0) is 11.4 Å². The number of benzene rings is 2. The van der Waals surface area contributed by atoms with Gasteiger partial charge < -0.3 is 9.47 Å². The van der Waals surface area contributed by atoms with Crippen molar-refractivity contribution in [1.82, 2.24) is 10.2 Å². The molecule has 31 heavy (non-hydrogen) atoms. The van der Waals surface area contributed by atoms with Gasteiger partial charge in [0.1, 0.15) is 18.1 Å². The highest BCUT2D eigenvalue weighted by Crippen LogP contribution is 2.33. The Morgan fingerprint density at radius 3 is 2.61 bits per heavy atom. The number of ether oxygens (including phenoxy) is 2. The Labute approximate surface area is 186 Å². The fourth-order valence-corrected chi connectivity index (χ4v) is 4.46. The van der Waals surface area contributed by atoms with Crippen molar-refractivity contribution in [3.05, 3.63) is 64.7 Å². The maximum Gasteiger partial charge on any atom is 0.264 e. The van der Waals surface area contributed by atoms with Crippen LogP contribution in [0.25, 0.3) is 0 Å². The molecule has 1 heterocycles. The van der Waals surface area contributed by atoms with Crippen molar-refractivity contribution >= 4 is 22.4 Å². The van der Waals surface area contributed by atoms with E-state index in [1.165, 1.54) is 49.0 Å². The quantitative estimate of drug-likeness (QED) is 0.504. The zero-order valence-electron chi connectivity index (χ0n) is 17.7. The molecule has 0 atom stereocenters. The molecule has 1 N–H and O–H groups in total. The zero-order valence-corrected chi connectivity index (χ0v) is 18.5. The molecular formula is C24H27N3O3S. The third-order valence-electron chi connectivity index (χ3n) is 5.39. The average Bonchev–Trinajstić information content (AvgIpc) is 3.24. The van der Waals surface area contributed by atoms with Crippen molar-refractivity contribution in [2.24, 2.45) is 0 Å². The summed E-state index contributed by atoms with van der Waals surface area (Å²) in [5.74, 6) is 1.89. The molecule has 162 valence electrons. The molecule has 0 saturated heterocycles. The smallest absolute Gasteiger partial charge is 0.264 e. The minimum absolute atomic E-state index is 0.0811. The van der Waals surface area contributed by atoms with Crippen LogP contribution in [0.2, 0.25) is 0 Å². The number of nitrogens with one attached hydrogen (secondary N) is 1. The number of aromatic nitrogens is 2. The molecule has 6 nitrogen and oxygen atoms in total. The first kappa shape index (κ1) is 21.3. The summed E-state index contributed by atoms with van der Waals surface area (Å²) in [5.41, 5.74) is 2.48. The van der Waals surface area contributed by atoms with Crippen LogP contribution in [0.15, 0.2) is 48.5 Å². The number of carbonyl (C=O) groups excluding carboxylic acids is 1. The number of carbonyl (C=O) groups is 1. The van der Waals surface area contributed by atoms with Crippen LogP contribution < -0.4 is 14.8 Å². The number of hydrogen-bond donors (Lipinski definition) is 1. The minimum atomic E-state index is -0.275. The molecule has 0 radical (unpaired) electrons. The van der Waals surface area contributed by atoms with E-state index in [4.69, 9.17) is 9.47 Å². The van der Waals surface area contributed by atoms with E-state index in [9.17, 15) is 4.79 Å². The molecule has 0 spiro atoms. The fourth-order valence-electron chi connectivity index (χ4n) is 3.79. The van der Waals surface area contributed by atoms with Crippen LogP contribution in [0.4, 0.5) is 5.13 Å². The Bertz CT molecular complexity index is 997. The molecule has 0 aliphatic heterocycles. The predicted octanol–water partition coefficient (Wildman–Crippen LogP) is 5.49. The standard InChI is InChI=1S/C24H27N3O3S/c1-17-6-5-9-21(14-17)29-15-22(28)25-24-27-26-23(31-24)16-30-20-12-10-19(11-13-20)18-7-3-2-4-8-18/h5-6,9-14,18H,2-4,7-8,15-16H2,1H3,(H,25,27,28). The molecule has 1 amide bonds. The van der Waals surface area contributed by atoms with Gasteiger partial charge in [-0.2, -0.15) is 0 Å². The highest BCUT2D eigenvalue weighted by Gasteiger charge is 2.15. The summed E-state index contributed by atoms with van der Waals surface area (Å²) in [6.45, 7) is 2.21. The van der Waals surface area contributed by atoms with E-state index in [1.54, 1.807) is 0 Å². The van der Waals surface area contributed by atoms with Crippen LogP contribution in [0, 0.1) is 6.92 Å². The molecule has 1 aliphatic rings. The van der Waals surface area contributed by atoms with Gasteiger partial charge in [-0.3, -0.25) is 10.1 Å². The number of hydrogen-bond acceptors (Lipinski definition) is 6. The summed E-state index contributed by atoms with van der Waals surface area (Å²) >= 11 is 1.30. The van der Waals surface area contributed by atoms with Crippen LogP contribution in [0.1, 0.15) is 54.2 Å². The Hall–Kier alpha value is -2.93. The molecule has 0 bridgehead atoms. The van der Waals surface area contributed by atoms with E-state index >= 15 is 0 Å². The highest BCUT2D eigenvalue weighted by atomic mass is 32.1. The van der Waals surface area contributed by atoms with Gasteiger partial charge in [-0.05, 0) is 61.1 Å². The molecule has 1 fully saturated rings. The fraction of sp³-hybridized carbons (Fsp3) is 0.375. The van der Waals surface area contributed by atoms with E-state index in [0.717, 1.165) is 11.3 Å². The summed E-state index contributed by atoms with van der Waals surface area (Å²) < 4.78 is 11.3. The van der Waals surface area contributed by atoms with E-state index in [1.807, 2.05) is 43.3 Å². The van der Waals surface area contributed by atoms with Crippen LogP contribution in [0.3, 0.4) is 0 Å². The molecule has 2 aromatic carbocycles. The highest BCUT2D eigenvalue weighted by molar-refractivity contribution is 7.15. The van der Waals surface area contributed by atoms with Gasteiger partial charge in [0.25, 0.3) is 5.91 Å². The van der Waals surface area contributed by atoms with E-state index in [-0.39, 0.29) is 12.5 Å². The first-order chi connectivity index (χ1) is 15.2. The minimum Gasteiger partial charge on any atom is -0.486 e. The number of aryl methyl sites for hydroxylation is 1. The van der Waals surface area contributed by atoms with Crippen LogP contribution >= 0.6 is 11.3 Å². The van der Waals surface area contributed by atoms with Gasteiger partial charge in [0, 0.05) is 0 Å². The number of anilines is 1. The Morgan fingerprint density at radius 2 is 1.84 bits per heavy atom. The van der Waals surface area contributed by atoms with Gasteiger partial charge in [0.15, 0.2) is 11.6 Å². The first-order valence-corrected chi connectivity index (χ1v) is 11.5. The summed E-state index contributed by atoms with van der Waals surface area (Å²) in [6.07, 6.45) is 6.60. The second-order valence-corrected chi connectivity index (χ2v) is 8.91. The zero-order chi connectivity index (χ0) is 21.5. The Balaban J connectivity index is 1.23. The third-order valence-corrected chi connectivity index (χ3v) is 6.20. The van der Waals surface area contributed by atoms with Gasteiger partial charge in [-0.25, -0.2) is 0 Å². The van der Waals surface area contributed by atoms with Gasteiger partial charge >= 0.3 is 0 Å². The average molecular weight is 438 g/mol. The van der Waals surface area contributed by atoms with Gasteiger partial charge in [-0.15, -0.1) is 10.2 Å². The van der Waals surface area contributed by atoms with E-state index in [0.29, 0.717) is 28.4 Å². The Kier molecular flexibility index (Phi) is 7.14. The molecule has 1 aromatic heterocycles. The maximum absolute atomic E-state index is 12.1. The number of amides is 1. The van der Waals surface area contributed by atoms with Crippen molar-refractivity contribution in [1.29, 1.82) is 0 Å². The SMILES string of the molecule is Cc1cccc(OCC(=O)Nc2nnc(COc3ccc(C4CCCCC4)cc3)s2)c1. The van der Waals surface area contributed by atoms with Gasteiger partial charge in [0.05, 0.1) is 0 Å².